The Morgan fingerprint density at radius 2 is 1.96 bits per heavy atom. The minimum atomic E-state index is -1.37. The van der Waals surface area contributed by atoms with Crippen LogP contribution in [0.3, 0.4) is 0 Å². The number of aromatic nitrogens is 1. The highest BCUT2D eigenvalue weighted by Crippen LogP contribution is 2.33. The topological polar surface area (TPSA) is 113 Å². The van der Waals surface area contributed by atoms with Gasteiger partial charge in [-0.2, -0.15) is 0 Å². The van der Waals surface area contributed by atoms with E-state index in [4.69, 9.17) is 4.74 Å². The molecule has 46 heavy (non-hydrogen) atoms. The highest BCUT2D eigenvalue weighted by molar-refractivity contribution is 5.97. The minimum absolute atomic E-state index is 0. The predicted octanol–water partition coefficient (Wildman–Crippen LogP) is 4.51. The molecule has 1 aliphatic carbocycles. The van der Waals surface area contributed by atoms with Gasteiger partial charge in [-0.3, -0.25) is 14.4 Å². The largest absolute Gasteiger partial charge is 0.489 e. The first kappa shape index (κ1) is 33.3. The van der Waals surface area contributed by atoms with Gasteiger partial charge in [0.15, 0.2) is 0 Å². The number of pyridine rings is 1. The van der Waals surface area contributed by atoms with Crippen LogP contribution < -0.4 is 20.7 Å². The fourth-order valence-corrected chi connectivity index (χ4v) is 5.87. The molecule has 0 spiro atoms. The van der Waals surface area contributed by atoms with E-state index in [1.165, 1.54) is 42.0 Å². The Hall–Kier alpha value is -4.09. The third-order valence-corrected chi connectivity index (χ3v) is 8.53. The Balaban J connectivity index is 0.00000417. The number of ether oxygens (including phenoxy) is 1. The molecule has 0 unspecified atom stereocenters. The quantitative estimate of drug-likeness (QED) is 0.297. The summed E-state index contributed by atoms with van der Waals surface area (Å²) in [5.74, 6) is -0.773. The Morgan fingerprint density at radius 3 is 2.72 bits per heavy atom. The maximum Gasteiger partial charge on any atom is 0.270 e. The first-order chi connectivity index (χ1) is 21.7. The zero-order valence-electron chi connectivity index (χ0n) is 25.5. The molecule has 6 rings (SSSR count). The molecule has 4 atom stereocenters. The van der Waals surface area contributed by atoms with Gasteiger partial charge in [0.05, 0.1) is 24.6 Å². The number of allylic oxidation sites excluding steroid dienone is 1. The second-order valence-corrected chi connectivity index (χ2v) is 12.1. The third-order valence-electron chi connectivity index (χ3n) is 8.53. The van der Waals surface area contributed by atoms with Gasteiger partial charge in [-0.1, -0.05) is 24.3 Å². The number of likely N-dealkylation sites (tertiary alicyclic amines) is 1. The summed E-state index contributed by atoms with van der Waals surface area (Å²) in [7, 11) is 0. The van der Waals surface area contributed by atoms with Crippen LogP contribution in [0.5, 0.6) is 5.75 Å². The lowest BCUT2D eigenvalue weighted by atomic mass is 9.99. The maximum atomic E-state index is 14.6. The average Bonchev–Trinajstić information content (AvgIpc) is 3.56. The fourth-order valence-electron chi connectivity index (χ4n) is 5.87. The molecule has 244 valence electrons. The molecular formula is C34H38ClF2N5O4. The number of rotatable bonds is 10. The molecule has 1 aromatic heterocycles. The van der Waals surface area contributed by atoms with Crippen molar-refractivity contribution in [2.24, 2.45) is 5.92 Å². The standard InChI is InChI=1S/C34H37F2N5O4.ClH/c1-20(28-16-26(45-27-12-13-37-17-27)9-6-22(28)5-4-21-2-3-21)39-34(44)31-15-25(36)19-41(31)32(42)18-38-33(43)30-10-7-23-14-24(35)8-11-29(23)40-30;/h4-11,14,16,20-21,25,27,31,37H,2-3,12-13,15,17-19H2,1H3,(H,38,43)(H,39,44);1H/b5-4+;/t20-,25+,27+,31-;/m0./s1. The summed E-state index contributed by atoms with van der Waals surface area (Å²) in [6.45, 7) is 2.88. The van der Waals surface area contributed by atoms with Gasteiger partial charge in [-0.25, -0.2) is 13.8 Å². The van der Waals surface area contributed by atoms with Crippen LogP contribution in [0.2, 0.25) is 0 Å². The van der Waals surface area contributed by atoms with Crippen molar-refractivity contribution in [2.45, 2.75) is 57.0 Å². The van der Waals surface area contributed by atoms with Crippen LogP contribution in [0, 0.1) is 11.7 Å². The molecule has 3 aromatic rings. The molecule has 0 bridgehead atoms. The number of amides is 3. The highest BCUT2D eigenvalue weighted by atomic mass is 35.5. The summed E-state index contributed by atoms with van der Waals surface area (Å²) in [4.78, 5) is 44.8. The van der Waals surface area contributed by atoms with Gasteiger partial charge in [0, 0.05) is 18.4 Å². The Kier molecular flexibility index (Phi) is 10.5. The van der Waals surface area contributed by atoms with Crippen LogP contribution >= 0.6 is 12.4 Å². The lowest BCUT2D eigenvalue weighted by Gasteiger charge is -2.26. The van der Waals surface area contributed by atoms with Crippen molar-refractivity contribution in [2.75, 3.05) is 26.2 Å². The summed E-state index contributed by atoms with van der Waals surface area (Å²) in [5.41, 5.74) is 2.32. The number of alkyl halides is 1. The number of nitrogens with zero attached hydrogens (tertiary/aromatic N) is 2. The van der Waals surface area contributed by atoms with Crippen LogP contribution in [0.4, 0.5) is 8.78 Å². The predicted molar refractivity (Wildman–Crippen MR) is 173 cm³/mol. The second-order valence-electron chi connectivity index (χ2n) is 12.1. The monoisotopic (exact) mass is 653 g/mol. The summed E-state index contributed by atoms with van der Waals surface area (Å²) in [5, 5.41) is 9.34. The Labute approximate surface area is 272 Å². The zero-order chi connectivity index (χ0) is 31.5. The Morgan fingerprint density at radius 1 is 1.13 bits per heavy atom. The van der Waals surface area contributed by atoms with Crippen molar-refractivity contribution in [3.8, 4) is 5.75 Å². The maximum absolute atomic E-state index is 14.6. The van der Waals surface area contributed by atoms with E-state index >= 15 is 0 Å². The highest BCUT2D eigenvalue weighted by Gasteiger charge is 2.40. The van der Waals surface area contributed by atoms with E-state index in [-0.39, 0.29) is 37.2 Å². The molecule has 1 saturated carbocycles. The van der Waals surface area contributed by atoms with Gasteiger partial charge < -0.3 is 25.6 Å². The van der Waals surface area contributed by atoms with Gasteiger partial charge in [0.1, 0.15) is 35.6 Å². The number of nitrogens with one attached hydrogen (secondary N) is 3. The number of fused-ring (bicyclic) bond motifs is 1. The molecule has 2 saturated heterocycles. The molecule has 3 aliphatic rings. The molecule has 12 heteroatoms. The van der Waals surface area contributed by atoms with Crippen LogP contribution in [-0.4, -0.2) is 72.1 Å². The number of carbonyl (C=O) groups is 3. The third kappa shape index (κ3) is 8.00. The average molecular weight is 654 g/mol. The van der Waals surface area contributed by atoms with Gasteiger partial charge in [0.25, 0.3) is 5.91 Å². The molecule has 3 amide bonds. The summed E-state index contributed by atoms with van der Waals surface area (Å²) >= 11 is 0. The van der Waals surface area contributed by atoms with E-state index in [1.54, 1.807) is 6.07 Å². The molecule has 0 radical (unpaired) electrons. The molecule has 3 N–H and O–H groups in total. The Bertz CT molecular complexity index is 1630. The van der Waals surface area contributed by atoms with Crippen LogP contribution in [-0.2, 0) is 9.59 Å². The summed E-state index contributed by atoms with van der Waals surface area (Å²) < 4.78 is 34.3. The van der Waals surface area contributed by atoms with Crippen LogP contribution in [0.15, 0.2) is 54.6 Å². The van der Waals surface area contributed by atoms with Crippen molar-refractivity contribution < 1.29 is 27.9 Å². The van der Waals surface area contributed by atoms with E-state index in [1.807, 2.05) is 25.1 Å². The lowest BCUT2D eigenvalue weighted by Crippen LogP contribution is -2.49. The van der Waals surface area contributed by atoms with E-state index in [2.05, 4.69) is 33.1 Å². The van der Waals surface area contributed by atoms with E-state index in [0.29, 0.717) is 22.6 Å². The van der Waals surface area contributed by atoms with Crippen LogP contribution in [0.1, 0.15) is 60.3 Å². The molecule has 9 nitrogen and oxygen atoms in total. The SMILES string of the molecule is C[C@H](NC(=O)[C@@H]1C[C@@H](F)CN1C(=O)CNC(=O)c1ccc2cc(F)ccc2n1)c1cc(O[C@@H]2CCNC2)ccc1/C=C/C1CC1.Cl. The van der Waals surface area contributed by atoms with Crippen molar-refractivity contribution >= 4 is 47.1 Å². The molecule has 3 heterocycles. The van der Waals surface area contributed by atoms with Gasteiger partial charge >= 0.3 is 0 Å². The second kappa shape index (κ2) is 14.6. The van der Waals surface area contributed by atoms with Gasteiger partial charge in [0.2, 0.25) is 11.8 Å². The molecular weight excluding hydrogens is 616 g/mol. The van der Waals surface area contributed by atoms with Crippen molar-refractivity contribution in [3.05, 3.63) is 77.2 Å². The number of halogens is 3. The molecule has 2 aliphatic heterocycles. The first-order valence-corrected chi connectivity index (χ1v) is 15.5. The fraction of sp³-hybridized carbons (Fsp3) is 0.412. The number of hydrogen-bond acceptors (Lipinski definition) is 6. The smallest absolute Gasteiger partial charge is 0.270 e. The van der Waals surface area contributed by atoms with Gasteiger partial charge in [-0.05, 0) is 86.2 Å². The van der Waals surface area contributed by atoms with Gasteiger partial charge in [-0.15, -0.1) is 12.4 Å². The van der Waals surface area contributed by atoms with Crippen molar-refractivity contribution in [1.29, 1.82) is 0 Å². The van der Waals surface area contributed by atoms with Crippen molar-refractivity contribution in [3.63, 3.8) is 0 Å². The molecule has 3 fully saturated rings. The number of carbonyl (C=O) groups excluding carboxylic acids is 3. The van der Waals surface area contributed by atoms with E-state index < -0.39 is 48.3 Å². The first-order valence-electron chi connectivity index (χ1n) is 15.5. The number of benzene rings is 2. The number of hydrogen-bond donors (Lipinski definition) is 3. The normalized spacial score (nSPS) is 21.6. The van der Waals surface area contributed by atoms with E-state index in [9.17, 15) is 23.2 Å². The van der Waals surface area contributed by atoms with Crippen LogP contribution in [0.25, 0.3) is 17.0 Å². The van der Waals surface area contributed by atoms with Crippen molar-refractivity contribution in [1.82, 2.24) is 25.8 Å². The lowest BCUT2D eigenvalue weighted by molar-refractivity contribution is -0.138. The van der Waals surface area contributed by atoms with E-state index in [0.717, 1.165) is 30.6 Å². The zero-order valence-corrected chi connectivity index (χ0v) is 26.3. The summed E-state index contributed by atoms with van der Waals surface area (Å²) in [6, 6.07) is 11.4. The summed E-state index contributed by atoms with van der Waals surface area (Å²) in [6.07, 6.45) is 6.10. The molecule has 2 aromatic carbocycles. The minimum Gasteiger partial charge on any atom is -0.489 e.